The van der Waals surface area contributed by atoms with Crippen LogP contribution in [-0.2, 0) is 9.53 Å². The van der Waals surface area contributed by atoms with E-state index in [0.717, 1.165) is 5.01 Å². The molecule has 0 radical (unpaired) electrons. The Morgan fingerprint density at radius 2 is 1.69 bits per heavy atom. The van der Waals surface area contributed by atoms with Crippen LogP contribution in [0.5, 0.6) is 0 Å². The molecule has 1 atom stereocenters. The quantitative estimate of drug-likeness (QED) is 0.612. The topological polar surface area (TPSA) is 128 Å². The molecule has 0 aromatic heterocycles. The van der Waals surface area contributed by atoms with Crippen molar-refractivity contribution in [1.82, 2.24) is 5.01 Å². The Kier molecular flexibility index (Phi) is 4.31. The molecule has 1 heterocycles. The lowest BCUT2D eigenvalue weighted by atomic mass is 10.1. The van der Waals surface area contributed by atoms with Crippen molar-refractivity contribution in [3.63, 3.8) is 0 Å². The second-order valence-corrected chi connectivity index (χ2v) is 5.40. The maximum absolute atomic E-state index is 11.9. The van der Waals surface area contributed by atoms with Crippen molar-refractivity contribution < 1.29 is 19.4 Å². The Labute approximate surface area is 146 Å². The number of rotatable bonds is 4. The zero-order valence-electron chi connectivity index (χ0n) is 13.4. The normalized spacial score (nSPS) is 16.0. The number of benzene rings is 2. The Morgan fingerprint density at radius 3 is 2.31 bits per heavy atom. The Morgan fingerprint density at radius 1 is 1.08 bits per heavy atom. The number of nitrogens with zero attached hydrogens (tertiary/aromatic N) is 4. The molecule has 0 spiro atoms. The van der Waals surface area contributed by atoms with Gasteiger partial charge in [0, 0.05) is 42.3 Å². The predicted octanol–water partition coefficient (Wildman–Crippen LogP) is 2.74. The largest absolute Gasteiger partial charge is 0.446 e. The van der Waals surface area contributed by atoms with Gasteiger partial charge in [0.05, 0.1) is 9.85 Å². The SMILES string of the molecule is CC(=O)N1N=C(c2cccc([N+](=O)[O-])c2)O[C@@H]1c1cccc([N+](=O)[O-])c1. The third-order valence-electron chi connectivity index (χ3n) is 3.64. The van der Waals surface area contributed by atoms with Crippen LogP contribution in [-0.4, -0.2) is 26.7 Å². The maximum Gasteiger partial charge on any atom is 0.270 e. The molecule has 0 fully saturated rings. The summed E-state index contributed by atoms with van der Waals surface area (Å²) in [6.45, 7) is 1.27. The van der Waals surface area contributed by atoms with Crippen LogP contribution >= 0.6 is 0 Å². The molecule has 0 bridgehead atoms. The number of hydrogen-bond acceptors (Lipinski definition) is 7. The van der Waals surface area contributed by atoms with E-state index in [9.17, 15) is 25.0 Å². The Balaban J connectivity index is 1.97. The lowest BCUT2D eigenvalue weighted by Gasteiger charge is -2.19. The van der Waals surface area contributed by atoms with Gasteiger partial charge in [0.2, 0.25) is 18.0 Å². The maximum atomic E-state index is 11.9. The van der Waals surface area contributed by atoms with Gasteiger partial charge in [0.15, 0.2) is 0 Å². The molecule has 0 unspecified atom stereocenters. The summed E-state index contributed by atoms with van der Waals surface area (Å²) in [6.07, 6.45) is -0.998. The molecule has 132 valence electrons. The van der Waals surface area contributed by atoms with Gasteiger partial charge in [-0.25, -0.2) is 0 Å². The number of hydrazone groups is 1. The molecule has 1 amide bonds. The van der Waals surface area contributed by atoms with E-state index in [-0.39, 0.29) is 17.3 Å². The van der Waals surface area contributed by atoms with Gasteiger partial charge in [-0.05, 0) is 6.07 Å². The van der Waals surface area contributed by atoms with Gasteiger partial charge in [-0.15, -0.1) is 5.10 Å². The van der Waals surface area contributed by atoms with Crippen molar-refractivity contribution in [2.24, 2.45) is 5.10 Å². The molecule has 3 rings (SSSR count). The summed E-state index contributed by atoms with van der Waals surface area (Å²) >= 11 is 0. The summed E-state index contributed by atoms with van der Waals surface area (Å²) in [5, 5.41) is 27.0. The van der Waals surface area contributed by atoms with E-state index in [2.05, 4.69) is 5.10 Å². The summed E-state index contributed by atoms with van der Waals surface area (Å²) in [7, 11) is 0. The van der Waals surface area contributed by atoms with Crippen LogP contribution in [0.1, 0.15) is 24.3 Å². The van der Waals surface area contributed by atoms with Crippen molar-refractivity contribution in [3.8, 4) is 0 Å². The van der Waals surface area contributed by atoms with Gasteiger partial charge in [0.1, 0.15) is 0 Å². The number of nitro benzene ring substituents is 2. The Hall–Kier alpha value is -3.82. The van der Waals surface area contributed by atoms with Gasteiger partial charge in [-0.2, -0.15) is 5.01 Å². The van der Waals surface area contributed by atoms with Crippen molar-refractivity contribution >= 4 is 23.2 Å². The van der Waals surface area contributed by atoms with E-state index in [1.807, 2.05) is 0 Å². The zero-order valence-corrected chi connectivity index (χ0v) is 13.4. The molecule has 10 nitrogen and oxygen atoms in total. The standard InChI is InChI=1S/C16H12N4O6/c1-10(21)18-16(12-5-3-7-14(9-12)20(24)25)26-15(17-18)11-4-2-6-13(8-11)19(22)23/h2-9,16H,1H3/t16-/m1/s1. The van der Waals surface area contributed by atoms with Crippen LogP contribution < -0.4 is 0 Å². The lowest BCUT2D eigenvalue weighted by molar-refractivity contribution is -0.385. The van der Waals surface area contributed by atoms with Crippen LogP contribution in [0.15, 0.2) is 53.6 Å². The van der Waals surface area contributed by atoms with E-state index in [1.54, 1.807) is 12.1 Å². The van der Waals surface area contributed by atoms with E-state index in [0.29, 0.717) is 11.1 Å². The first-order valence-corrected chi connectivity index (χ1v) is 7.41. The molecule has 0 N–H and O–H groups in total. The Bertz CT molecular complexity index is 942. The monoisotopic (exact) mass is 356 g/mol. The van der Waals surface area contributed by atoms with E-state index < -0.39 is 22.0 Å². The average molecular weight is 356 g/mol. The fourth-order valence-corrected chi connectivity index (χ4v) is 2.44. The summed E-state index contributed by atoms with van der Waals surface area (Å²) < 4.78 is 5.69. The predicted molar refractivity (Wildman–Crippen MR) is 89.1 cm³/mol. The summed E-state index contributed by atoms with van der Waals surface area (Å²) in [5.41, 5.74) is 0.373. The third-order valence-corrected chi connectivity index (χ3v) is 3.64. The number of hydrogen-bond donors (Lipinski definition) is 0. The first-order chi connectivity index (χ1) is 12.4. The van der Waals surface area contributed by atoms with E-state index in [4.69, 9.17) is 4.74 Å². The number of carbonyl (C=O) groups excluding carboxylic acids is 1. The third kappa shape index (κ3) is 3.20. The highest BCUT2D eigenvalue weighted by Gasteiger charge is 2.34. The summed E-state index contributed by atoms with van der Waals surface area (Å²) in [6, 6.07) is 11.3. The molecule has 2 aromatic rings. The fourth-order valence-electron chi connectivity index (χ4n) is 2.44. The van der Waals surface area contributed by atoms with Crippen LogP contribution in [0, 0.1) is 20.2 Å². The van der Waals surface area contributed by atoms with Gasteiger partial charge < -0.3 is 4.74 Å². The van der Waals surface area contributed by atoms with Crippen molar-refractivity contribution in [2.45, 2.75) is 13.2 Å². The van der Waals surface area contributed by atoms with Crippen LogP contribution in [0.4, 0.5) is 11.4 Å². The molecule has 0 saturated heterocycles. The highest BCUT2D eigenvalue weighted by Crippen LogP contribution is 2.32. The molecule has 10 heteroatoms. The van der Waals surface area contributed by atoms with Gasteiger partial charge in [-0.3, -0.25) is 25.0 Å². The minimum Gasteiger partial charge on any atom is -0.446 e. The second kappa shape index (κ2) is 6.59. The highest BCUT2D eigenvalue weighted by molar-refractivity contribution is 5.96. The molecule has 2 aromatic carbocycles. The molecule has 0 saturated carbocycles. The van der Waals surface area contributed by atoms with Crippen LogP contribution in [0.3, 0.4) is 0 Å². The summed E-state index contributed by atoms with van der Waals surface area (Å²) in [4.78, 5) is 32.7. The molecular formula is C16H12N4O6. The first kappa shape index (κ1) is 17.0. The lowest BCUT2D eigenvalue weighted by Crippen LogP contribution is -2.25. The minimum absolute atomic E-state index is 0.0143. The highest BCUT2D eigenvalue weighted by atomic mass is 16.6. The second-order valence-electron chi connectivity index (χ2n) is 5.40. The number of carbonyl (C=O) groups is 1. The van der Waals surface area contributed by atoms with Crippen molar-refractivity contribution in [2.75, 3.05) is 0 Å². The minimum atomic E-state index is -0.998. The van der Waals surface area contributed by atoms with Crippen LogP contribution in [0.2, 0.25) is 0 Å². The van der Waals surface area contributed by atoms with E-state index >= 15 is 0 Å². The van der Waals surface area contributed by atoms with Crippen LogP contribution in [0.25, 0.3) is 0 Å². The average Bonchev–Trinajstić information content (AvgIpc) is 3.07. The number of nitro groups is 2. The van der Waals surface area contributed by atoms with Gasteiger partial charge in [-0.1, -0.05) is 18.2 Å². The smallest absolute Gasteiger partial charge is 0.270 e. The number of amides is 1. The number of ether oxygens (including phenoxy) is 1. The first-order valence-electron chi connectivity index (χ1n) is 7.41. The fraction of sp³-hybridized carbons (Fsp3) is 0.125. The zero-order chi connectivity index (χ0) is 18.8. The van der Waals surface area contributed by atoms with Gasteiger partial charge in [0.25, 0.3) is 11.4 Å². The van der Waals surface area contributed by atoms with Crippen molar-refractivity contribution in [3.05, 3.63) is 79.9 Å². The molecule has 0 aliphatic carbocycles. The van der Waals surface area contributed by atoms with Gasteiger partial charge >= 0.3 is 0 Å². The summed E-state index contributed by atoms with van der Waals surface area (Å²) in [5.74, 6) is -0.428. The molecule has 1 aliphatic heterocycles. The van der Waals surface area contributed by atoms with Crippen molar-refractivity contribution in [1.29, 1.82) is 0 Å². The number of non-ortho nitro benzene ring substituents is 2. The molecular weight excluding hydrogens is 344 g/mol. The van der Waals surface area contributed by atoms with E-state index in [1.165, 1.54) is 43.3 Å². The molecule has 1 aliphatic rings. The molecule has 26 heavy (non-hydrogen) atoms.